The fourth-order valence-corrected chi connectivity index (χ4v) is 5.61. The molecule has 2 aliphatic rings. The van der Waals surface area contributed by atoms with Crippen molar-refractivity contribution in [3.05, 3.63) is 101 Å². The van der Waals surface area contributed by atoms with Crippen molar-refractivity contribution in [1.29, 1.82) is 0 Å². The van der Waals surface area contributed by atoms with Crippen LogP contribution in [0.4, 0.5) is 5.69 Å². The number of ether oxygens (including phenoxy) is 2. The number of carbonyl (C=O) groups excluding carboxylic acids is 4. The summed E-state index contributed by atoms with van der Waals surface area (Å²) in [5.41, 5.74) is 5.08. The maximum Gasteiger partial charge on any atom is 0.338 e. The van der Waals surface area contributed by atoms with E-state index in [4.69, 9.17) is 9.47 Å². The van der Waals surface area contributed by atoms with Crippen molar-refractivity contribution in [3.8, 4) is 5.75 Å². The summed E-state index contributed by atoms with van der Waals surface area (Å²) in [7, 11) is 0. The molecule has 1 unspecified atom stereocenters. The van der Waals surface area contributed by atoms with Gasteiger partial charge in [0.2, 0.25) is 0 Å². The summed E-state index contributed by atoms with van der Waals surface area (Å²) >= 11 is 0. The number of amides is 3. The van der Waals surface area contributed by atoms with E-state index in [9.17, 15) is 19.2 Å². The van der Waals surface area contributed by atoms with Crippen molar-refractivity contribution in [2.45, 2.75) is 38.8 Å². The number of fused-ring (bicyclic) bond motifs is 3. The molecule has 2 aromatic heterocycles. The van der Waals surface area contributed by atoms with Gasteiger partial charge in [-0.05, 0) is 67.1 Å². The second kappa shape index (κ2) is 11.6. The fourth-order valence-electron chi connectivity index (χ4n) is 5.61. The van der Waals surface area contributed by atoms with Gasteiger partial charge in [-0.1, -0.05) is 24.8 Å². The van der Waals surface area contributed by atoms with Crippen molar-refractivity contribution in [2.24, 2.45) is 0 Å². The van der Waals surface area contributed by atoms with E-state index in [1.807, 2.05) is 19.1 Å². The van der Waals surface area contributed by atoms with Gasteiger partial charge in [-0.15, -0.1) is 0 Å². The Morgan fingerprint density at radius 1 is 1.20 bits per heavy atom. The largest absolute Gasteiger partial charge is 0.482 e. The zero-order chi connectivity index (χ0) is 31.0. The lowest BCUT2D eigenvalue weighted by molar-refractivity contribution is -0.118. The quantitative estimate of drug-likeness (QED) is 0.207. The van der Waals surface area contributed by atoms with E-state index in [1.165, 1.54) is 22.9 Å². The molecule has 3 heterocycles. The van der Waals surface area contributed by atoms with Gasteiger partial charge in [0.15, 0.2) is 12.3 Å². The average Bonchev–Trinajstić information content (AvgIpc) is 3.66. The van der Waals surface area contributed by atoms with Crippen LogP contribution in [-0.2, 0) is 16.0 Å². The van der Waals surface area contributed by atoms with E-state index in [0.29, 0.717) is 35.5 Å². The molecule has 0 bridgehead atoms. The molecule has 2 atom stereocenters. The van der Waals surface area contributed by atoms with Crippen LogP contribution in [0.3, 0.4) is 0 Å². The Balaban J connectivity index is 1.21. The molecule has 3 N–H and O–H groups in total. The summed E-state index contributed by atoms with van der Waals surface area (Å²) in [6.45, 7) is 7.34. The predicted molar refractivity (Wildman–Crippen MR) is 160 cm³/mol. The SMILES string of the molecule is C=CCOC(=O)c1ccc2c(c1C)CC[C@@H]2NC(=O)c1cc(C(=O)NC(C)c2ccc3c(c2)NC(=O)CO3)nc2ccnn12. The van der Waals surface area contributed by atoms with Gasteiger partial charge >= 0.3 is 5.97 Å². The topological polar surface area (TPSA) is 153 Å². The minimum atomic E-state index is -0.481. The van der Waals surface area contributed by atoms with Gasteiger partial charge in [0.1, 0.15) is 23.7 Å². The molecule has 0 saturated heterocycles. The molecule has 0 saturated carbocycles. The lowest BCUT2D eigenvalue weighted by atomic mass is 9.98. The number of aromatic nitrogens is 3. The number of nitrogens with one attached hydrogen (secondary N) is 3. The highest BCUT2D eigenvalue weighted by Gasteiger charge is 2.29. The van der Waals surface area contributed by atoms with E-state index in [-0.39, 0.29) is 36.6 Å². The minimum Gasteiger partial charge on any atom is -0.482 e. The van der Waals surface area contributed by atoms with Crippen LogP contribution in [0.2, 0.25) is 0 Å². The Morgan fingerprint density at radius 2 is 2.05 bits per heavy atom. The molecule has 12 heteroatoms. The Bertz CT molecular complexity index is 1850. The van der Waals surface area contributed by atoms with E-state index in [0.717, 1.165) is 22.3 Å². The van der Waals surface area contributed by atoms with Crippen molar-refractivity contribution in [3.63, 3.8) is 0 Å². The van der Waals surface area contributed by atoms with Gasteiger partial charge in [0.05, 0.1) is 29.5 Å². The monoisotopic (exact) mass is 594 g/mol. The number of benzene rings is 2. The van der Waals surface area contributed by atoms with Crippen LogP contribution in [0.1, 0.15) is 79.0 Å². The third-order valence-electron chi connectivity index (χ3n) is 7.86. The lowest BCUT2D eigenvalue weighted by Gasteiger charge is -2.21. The summed E-state index contributed by atoms with van der Waals surface area (Å²) in [4.78, 5) is 55.6. The minimum absolute atomic E-state index is 0.0437. The highest BCUT2D eigenvalue weighted by atomic mass is 16.5. The lowest BCUT2D eigenvalue weighted by Crippen LogP contribution is -2.31. The Hall–Kier alpha value is -5.52. The van der Waals surface area contributed by atoms with Crippen LogP contribution in [0.25, 0.3) is 5.65 Å². The van der Waals surface area contributed by atoms with Crippen LogP contribution in [0.15, 0.2) is 61.3 Å². The summed E-state index contributed by atoms with van der Waals surface area (Å²) in [5, 5.41) is 13.0. The summed E-state index contributed by atoms with van der Waals surface area (Å²) in [6.07, 6.45) is 4.36. The summed E-state index contributed by atoms with van der Waals surface area (Å²) in [5.74, 6) is -1.00. The van der Waals surface area contributed by atoms with Crippen molar-refractivity contribution >= 4 is 35.0 Å². The average molecular weight is 595 g/mol. The molecule has 44 heavy (non-hydrogen) atoms. The smallest absolute Gasteiger partial charge is 0.338 e. The number of esters is 1. The summed E-state index contributed by atoms with van der Waals surface area (Å²) < 4.78 is 12.0. The molecule has 2 aromatic carbocycles. The Labute approximate surface area is 252 Å². The predicted octanol–water partition coefficient (Wildman–Crippen LogP) is 3.62. The maximum atomic E-state index is 13.6. The van der Waals surface area contributed by atoms with E-state index >= 15 is 0 Å². The van der Waals surface area contributed by atoms with Gasteiger partial charge in [-0.2, -0.15) is 5.10 Å². The van der Waals surface area contributed by atoms with Crippen LogP contribution >= 0.6 is 0 Å². The second-order valence-corrected chi connectivity index (χ2v) is 10.7. The zero-order valence-corrected chi connectivity index (χ0v) is 24.2. The number of nitrogens with zero attached hydrogens (tertiary/aromatic N) is 3. The molecule has 4 aromatic rings. The van der Waals surface area contributed by atoms with Gasteiger partial charge in [-0.3, -0.25) is 14.4 Å². The molecule has 12 nitrogen and oxygen atoms in total. The van der Waals surface area contributed by atoms with Gasteiger partial charge in [-0.25, -0.2) is 14.3 Å². The van der Waals surface area contributed by atoms with Crippen LogP contribution in [0.5, 0.6) is 5.75 Å². The number of hydrogen-bond acceptors (Lipinski definition) is 8. The summed E-state index contributed by atoms with van der Waals surface area (Å²) in [6, 6.07) is 11.2. The highest BCUT2D eigenvalue weighted by molar-refractivity contribution is 5.99. The number of hydrogen-bond donors (Lipinski definition) is 3. The van der Waals surface area contributed by atoms with E-state index in [1.54, 1.807) is 31.2 Å². The molecule has 6 rings (SSSR count). The second-order valence-electron chi connectivity index (χ2n) is 10.7. The molecule has 224 valence electrons. The molecule has 1 aliphatic heterocycles. The maximum absolute atomic E-state index is 13.6. The number of anilines is 1. The first kappa shape index (κ1) is 28.6. The van der Waals surface area contributed by atoms with Gasteiger partial charge in [0.25, 0.3) is 17.7 Å². The van der Waals surface area contributed by atoms with Crippen LogP contribution in [0, 0.1) is 6.92 Å². The first-order valence-corrected chi connectivity index (χ1v) is 14.2. The molecule has 3 amide bonds. The Kier molecular flexibility index (Phi) is 7.56. The fraction of sp³-hybridized carbons (Fsp3) is 0.250. The molecule has 0 fully saturated rings. The molecule has 0 radical (unpaired) electrons. The highest BCUT2D eigenvalue weighted by Crippen LogP contribution is 2.35. The van der Waals surface area contributed by atoms with Gasteiger partial charge < -0.3 is 25.4 Å². The standard InChI is InChI=1S/C32H30N6O6/c1-4-13-43-32(42)21-6-7-22-20(17(21)2)8-9-23(22)37-31(41)26-15-25(35-28-11-12-33-38(26)28)30(40)34-18(3)19-5-10-27-24(14-19)36-29(39)16-44-27/h4-7,10-12,14-15,18,23H,1,8-9,13,16H2,2-3H3,(H,34,40)(H,36,39)(H,37,41)/t18?,23-/m0/s1. The van der Waals surface area contributed by atoms with Gasteiger partial charge in [0, 0.05) is 12.1 Å². The molecular weight excluding hydrogens is 564 g/mol. The third kappa shape index (κ3) is 5.37. The first-order chi connectivity index (χ1) is 21.2. The zero-order valence-electron chi connectivity index (χ0n) is 24.2. The molecule has 0 spiro atoms. The normalized spacial score (nSPS) is 15.8. The third-order valence-corrected chi connectivity index (χ3v) is 7.86. The van der Waals surface area contributed by atoms with Crippen molar-refractivity contribution < 1.29 is 28.7 Å². The van der Waals surface area contributed by atoms with Crippen molar-refractivity contribution in [1.82, 2.24) is 25.2 Å². The van der Waals surface area contributed by atoms with Crippen molar-refractivity contribution in [2.75, 3.05) is 18.5 Å². The molecule has 1 aliphatic carbocycles. The van der Waals surface area contributed by atoms with Crippen LogP contribution in [-0.4, -0.2) is 51.5 Å². The Morgan fingerprint density at radius 3 is 2.86 bits per heavy atom. The molecular formula is C32H30N6O6. The first-order valence-electron chi connectivity index (χ1n) is 14.2. The van der Waals surface area contributed by atoms with E-state index < -0.39 is 23.8 Å². The van der Waals surface area contributed by atoms with E-state index in [2.05, 4.69) is 32.6 Å². The number of carbonyl (C=O) groups is 4. The van der Waals surface area contributed by atoms with Crippen LogP contribution < -0.4 is 20.7 Å². The number of rotatable bonds is 8.